The minimum absolute atomic E-state index is 0.0154. The molecule has 0 saturated heterocycles. The van der Waals surface area contributed by atoms with Gasteiger partial charge < -0.3 is 5.32 Å². The summed E-state index contributed by atoms with van der Waals surface area (Å²) in [6.07, 6.45) is 0. The average molecular weight is 290 g/mol. The van der Waals surface area contributed by atoms with Gasteiger partial charge in [-0.05, 0) is 30.2 Å². The van der Waals surface area contributed by atoms with E-state index >= 15 is 0 Å². The highest BCUT2D eigenvalue weighted by molar-refractivity contribution is 6.34. The van der Waals surface area contributed by atoms with Crippen LogP contribution in [-0.4, -0.2) is 15.2 Å². The number of aromatic nitrogens is 3. The smallest absolute Gasteiger partial charge is 0.245 e. The van der Waals surface area contributed by atoms with E-state index in [1.807, 2.05) is 19.1 Å². The third-order valence-corrected chi connectivity index (χ3v) is 2.81. The first-order chi connectivity index (χ1) is 8.08. The zero-order valence-electron chi connectivity index (χ0n) is 8.71. The normalized spacial score (nSPS) is 10.4. The maximum absolute atomic E-state index is 6.07. The molecule has 1 aromatic carbocycles. The van der Waals surface area contributed by atoms with E-state index in [2.05, 4.69) is 20.5 Å². The highest BCUT2D eigenvalue weighted by Gasteiger charge is 2.10. The highest BCUT2D eigenvalue weighted by atomic mass is 35.5. The summed E-state index contributed by atoms with van der Waals surface area (Å²) in [7, 11) is 0. The van der Waals surface area contributed by atoms with Crippen molar-refractivity contribution in [2.24, 2.45) is 0 Å². The number of anilines is 2. The molecule has 1 heterocycles. The number of nitrogens with zero attached hydrogens (tertiary/aromatic N) is 3. The Morgan fingerprint density at radius 2 is 1.88 bits per heavy atom. The minimum Gasteiger partial charge on any atom is -0.336 e. The van der Waals surface area contributed by atoms with Crippen molar-refractivity contribution in [1.29, 1.82) is 0 Å². The van der Waals surface area contributed by atoms with Crippen LogP contribution in [0, 0.1) is 6.92 Å². The van der Waals surface area contributed by atoms with Gasteiger partial charge in [0, 0.05) is 0 Å². The Balaban J connectivity index is 2.41. The summed E-state index contributed by atoms with van der Waals surface area (Å²) in [6.45, 7) is 1.92. The third kappa shape index (κ3) is 2.77. The van der Waals surface area contributed by atoms with Gasteiger partial charge in [0.2, 0.25) is 5.28 Å². The van der Waals surface area contributed by atoms with E-state index in [0.717, 1.165) is 5.56 Å². The van der Waals surface area contributed by atoms with E-state index in [1.54, 1.807) is 6.07 Å². The zero-order chi connectivity index (χ0) is 12.4. The summed E-state index contributed by atoms with van der Waals surface area (Å²) in [4.78, 5) is 3.94. The molecule has 88 valence electrons. The molecule has 0 fully saturated rings. The van der Waals surface area contributed by atoms with Crippen molar-refractivity contribution in [1.82, 2.24) is 15.2 Å². The van der Waals surface area contributed by atoms with Gasteiger partial charge in [-0.1, -0.05) is 35.3 Å². The van der Waals surface area contributed by atoms with Crippen LogP contribution in [0.1, 0.15) is 5.56 Å². The lowest BCUT2D eigenvalue weighted by Gasteiger charge is -2.10. The predicted molar refractivity (Wildman–Crippen MR) is 69.3 cm³/mol. The second-order valence-corrected chi connectivity index (χ2v) is 4.38. The SMILES string of the molecule is Cc1cccc(Cl)c1Nc1nc(Cl)nnc1Cl. The Kier molecular flexibility index (Phi) is 3.66. The second kappa shape index (κ2) is 5.04. The van der Waals surface area contributed by atoms with E-state index in [0.29, 0.717) is 16.5 Å². The number of nitrogens with one attached hydrogen (secondary N) is 1. The first-order valence-electron chi connectivity index (χ1n) is 4.66. The van der Waals surface area contributed by atoms with Gasteiger partial charge in [-0.25, -0.2) is 0 Å². The highest BCUT2D eigenvalue weighted by Crippen LogP contribution is 2.30. The molecule has 2 rings (SSSR count). The van der Waals surface area contributed by atoms with Crippen LogP contribution in [0.3, 0.4) is 0 Å². The monoisotopic (exact) mass is 288 g/mol. The standard InChI is InChI=1S/C10H7Cl3N4/c1-5-3-2-4-6(11)7(5)14-9-8(12)16-17-10(13)15-9/h2-4H,1H3,(H,14,15,17). The molecule has 0 aliphatic heterocycles. The van der Waals surface area contributed by atoms with Crippen molar-refractivity contribution < 1.29 is 0 Å². The summed E-state index contributed by atoms with van der Waals surface area (Å²) < 4.78 is 0. The Labute approximate surface area is 113 Å². The number of hydrogen-bond donors (Lipinski definition) is 1. The summed E-state index contributed by atoms with van der Waals surface area (Å²) in [5.74, 6) is 0.322. The van der Waals surface area contributed by atoms with Gasteiger partial charge in [-0.15, -0.1) is 10.2 Å². The van der Waals surface area contributed by atoms with Gasteiger partial charge in [0.15, 0.2) is 11.0 Å². The molecule has 7 heteroatoms. The van der Waals surface area contributed by atoms with Crippen LogP contribution >= 0.6 is 34.8 Å². The van der Waals surface area contributed by atoms with Gasteiger partial charge >= 0.3 is 0 Å². The molecule has 0 saturated carbocycles. The van der Waals surface area contributed by atoms with Gasteiger partial charge in [0.1, 0.15) is 0 Å². The molecule has 0 aliphatic carbocycles. The topological polar surface area (TPSA) is 50.7 Å². The van der Waals surface area contributed by atoms with Crippen LogP contribution in [0.4, 0.5) is 11.5 Å². The molecule has 0 amide bonds. The van der Waals surface area contributed by atoms with E-state index in [9.17, 15) is 0 Å². The van der Waals surface area contributed by atoms with Crippen molar-refractivity contribution in [2.45, 2.75) is 6.92 Å². The van der Waals surface area contributed by atoms with E-state index in [-0.39, 0.29) is 10.4 Å². The molecule has 2 aromatic rings. The van der Waals surface area contributed by atoms with E-state index in [4.69, 9.17) is 34.8 Å². The average Bonchev–Trinajstić information content (AvgIpc) is 2.28. The minimum atomic E-state index is 0.0154. The number of benzene rings is 1. The van der Waals surface area contributed by atoms with Crippen LogP contribution in [0.2, 0.25) is 15.5 Å². The number of hydrogen-bond acceptors (Lipinski definition) is 4. The van der Waals surface area contributed by atoms with Crippen LogP contribution < -0.4 is 5.32 Å². The Morgan fingerprint density at radius 3 is 2.59 bits per heavy atom. The summed E-state index contributed by atoms with van der Waals surface area (Å²) in [6, 6.07) is 5.54. The summed E-state index contributed by atoms with van der Waals surface area (Å²) in [5.41, 5.74) is 1.68. The molecule has 17 heavy (non-hydrogen) atoms. The fourth-order valence-corrected chi connectivity index (χ4v) is 1.80. The fraction of sp³-hybridized carbons (Fsp3) is 0.100. The van der Waals surface area contributed by atoms with E-state index < -0.39 is 0 Å². The molecule has 0 spiro atoms. The number of halogens is 3. The van der Waals surface area contributed by atoms with Gasteiger partial charge in [-0.2, -0.15) is 4.98 Å². The van der Waals surface area contributed by atoms with E-state index in [1.165, 1.54) is 0 Å². The molecule has 1 N–H and O–H groups in total. The summed E-state index contributed by atoms with van der Waals surface area (Å²) >= 11 is 17.6. The van der Waals surface area contributed by atoms with Crippen molar-refractivity contribution in [3.8, 4) is 0 Å². The Morgan fingerprint density at radius 1 is 1.12 bits per heavy atom. The van der Waals surface area contributed by atoms with Gasteiger partial charge in [0.05, 0.1) is 10.7 Å². The second-order valence-electron chi connectivity index (χ2n) is 3.28. The Bertz CT molecular complexity index is 539. The van der Waals surface area contributed by atoms with Crippen molar-refractivity contribution in [3.63, 3.8) is 0 Å². The first-order valence-corrected chi connectivity index (χ1v) is 5.79. The maximum Gasteiger partial charge on any atom is 0.245 e. The van der Waals surface area contributed by atoms with Crippen molar-refractivity contribution in [3.05, 3.63) is 39.2 Å². The fourth-order valence-electron chi connectivity index (χ4n) is 1.28. The lowest BCUT2D eigenvalue weighted by atomic mass is 10.2. The van der Waals surface area contributed by atoms with Crippen molar-refractivity contribution in [2.75, 3.05) is 5.32 Å². The third-order valence-electron chi connectivity index (χ3n) is 2.09. The largest absolute Gasteiger partial charge is 0.336 e. The van der Waals surface area contributed by atoms with Crippen LogP contribution in [0.5, 0.6) is 0 Å². The summed E-state index contributed by atoms with van der Waals surface area (Å²) in [5, 5.41) is 10.9. The molecule has 0 atom stereocenters. The number of aryl methyl sites for hydroxylation is 1. The van der Waals surface area contributed by atoms with Crippen LogP contribution in [0.25, 0.3) is 0 Å². The maximum atomic E-state index is 6.07. The van der Waals surface area contributed by atoms with Crippen molar-refractivity contribution >= 4 is 46.3 Å². The molecular formula is C10H7Cl3N4. The molecular weight excluding hydrogens is 282 g/mol. The van der Waals surface area contributed by atoms with Gasteiger partial charge in [0.25, 0.3) is 0 Å². The zero-order valence-corrected chi connectivity index (χ0v) is 11.0. The predicted octanol–water partition coefficient (Wildman–Crippen LogP) is 3.88. The molecule has 1 aromatic heterocycles. The van der Waals surface area contributed by atoms with Crippen LogP contribution in [0.15, 0.2) is 18.2 Å². The lowest BCUT2D eigenvalue weighted by molar-refractivity contribution is 0.974. The number of rotatable bonds is 2. The number of para-hydroxylation sites is 1. The lowest BCUT2D eigenvalue weighted by Crippen LogP contribution is -2.00. The van der Waals surface area contributed by atoms with Crippen LogP contribution in [-0.2, 0) is 0 Å². The quantitative estimate of drug-likeness (QED) is 0.911. The molecule has 0 bridgehead atoms. The Hall–Kier alpha value is -1.10. The molecule has 0 radical (unpaired) electrons. The molecule has 4 nitrogen and oxygen atoms in total. The first kappa shape index (κ1) is 12.4. The molecule has 0 aliphatic rings. The molecule has 0 unspecified atom stereocenters. The van der Waals surface area contributed by atoms with Gasteiger partial charge in [-0.3, -0.25) is 0 Å².